The smallest absolute Gasteiger partial charge is 0.194 e. The molecular formula is C18H34N4O3. The maximum Gasteiger partial charge on any atom is 0.194 e. The summed E-state index contributed by atoms with van der Waals surface area (Å²) in [5.41, 5.74) is 0. The molecule has 0 aliphatic carbocycles. The zero-order chi connectivity index (χ0) is 17.3. The van der Waals surface area contributed by atoms with E-state index in [-0.39, 0.29) is 12.2 Å². The summed E-state index contributed by atoms with van der Waals surface area (Å²) in [6, 6.07) is 0. The lowest BCUT2D eigenvalue weighted by atomic mass is 10.1. The van der Waals surface area contributed by atoms with Crippen LogP contribution in [0.2, 0.25) is 0 Å². The molecule has 0 aromatic carbocycles. The maximum absolute atomic E-state index is 5.96. The standard InChI is InChI=1S/C18H34N4O3/c1-2-19-18(20-6-4-7-21-8-12-23-13-9-21)22-10-14-25-17(15-22)16-5-3-11-24-16/h16-17H,2-15H2,1H3,(H,19,20). The third-order valence-electron chi connectivity index (χ3n) is 5.11. The first-order valence-electron chi connectivity index (χ1n) is 9.93. The Bertz CT molecular complexity index is 409. The van der Waals surface area contributed by atoms with Crippen molar-refractivity contribution in [3.8, 4) is 0 Å². The summed E-state index contributed by atoms with van der Waals surface area (Å²) in [4.78, 5) is 9.67. The molecule has 7 heteroatoms. The predicted molar refractivity (Wildman–Crippen MR) is 98.1 cm³/mol. The van der Waals surface area contributed by atoms with Gasteiger partial charge in [-0.2, -0.15) is 0 Å². The Kier molecular flexibility index (Phi) is 7.79. The van der Waals surface area contributed by atoms with Crippen molar-refractivity contribution in [2.45, 2.75) is 38.4 Å². The normalized spacial score (nSPS) is 29.2. The highest BCUT2D eigenvalue weighted by Crippen LogP contribution is 2.21. The molecule has 2 unspecified atom stereocenters. The maximum atomic E-state index is 5.96. The monoisotopic (exact) mass is 354 g/mol. The third-order valence-corrected chi connectivity index (χ3v) is 5.11. The van der Waals surface area contributed by atoms with E-state index >= 15 is 0 Å². The minimum absolute atomic E-state index is 0.174. The minimum atomic E-state index is 0.174. The van der Waals surface area contributed by atoms with E-state index in [0.29, 0.717) is 0 Å². The lowest BCUT2D eigenvalue weighted by molar-refractivity contribution is -0.0817. The summed E-state index contributed by atoms with van der Waals surface area (Å²) in [6.07, 6.45) is 3.79. The quantitative estimate of drug-likeness (QED) is 0.427. The molecule has 3 fully saturated rings. The Morgan fingerprint density at radius 2 is 1.92 bits per heavy atom. The molecule has 0 bridgehead atoms. The Hall–Kier alpha value is -0.890. The van der Waals surface area contributed by atoms with Gasteiger partial charge in [0.1, 0.15) is 6.10 Å². The molecule has 0 saturated carbocycles. The van der Waals surface area contributed by atoms with E-state index in [9.17, 15) is 0 Å². The number of rotatable bonds is 6. The summed E-state index contributed by atoms with van der Waals surface area (Å²) in [5, 5.41) is 3.45. The van der Waals surface area contributed by atoms with Crippen molar-refractivity contribution in [3.63, 3.8) is 0 Å². The Morgan fingerprint density at radius 1 is 1.08 bits per heavy atom. The van der Waals surface area contributed by atoms with Crippen molar-refractivity contribution in [1.29, 1.82) is 0 Å². The van der Waals surface area contributed by atoms with Gasteiger partial charge in [-0.1, -0.05) is 0 Å². The third kappa shape index (κ3) is 5.81. The Balaban J connectivity index is 1.46. The van der Waals surface area contributed by atoms with Crippen molar-refractivity contribution < 1.29 is 14.2 Å². The number of hydrogen-bond donors (Lipinski definition) is 1. The van der Waals surface area contributed by atoms with E-state index in [1.807, 2.05) is 0 Å². The fourth-order valence-electron chi connectivity index (χ4n) is 3.72. The first-order valence-corrected chi connectivity index (χ1v) is 9.93. The van der Waals surface area contributed by atoms with Gasteiger partial charge in [0.15, 0.2) is 5.96 Å². The molecule has 0 radical (unpaired) electrons. The first kappa shape index (κ1) is 18.9. The van der Waals surface area contributed by atoms with E-state index in [0.717, 1.165) is 97.5 Å². The molecule has 2 atom stereocenters. The highest BCUT2D eigenvalue weighted by atomic mass is 16.5. The molecule has 3 aliphatic rings. The SMILES string of the molecule is CCNC(=NCCCN1CCOCC1)N1CCOC(C2CCCO2)C1. The zero-order valence-corrected chi connectivity index (χ0v) is 15.6. The van der Waals surface area contributed by atoms with E-state index in [4.69, 9.17) is 19.2 Å². The molecule has 3 rings (SSSR count). The molecule has 3 heterocycles. The number of nitrogens with zero attached hydrogens (tertiary/aromatic N) is 3. The van der Waals surface area contributed by atoms with E-state index in [1.165, 1.54) is 0 Å². The van der Waals surface area contributed by atoms with Crippen LogP contribution >= 0.6 is 0 Å². The second kappa shape index (κ2) is 10.3. The molecule has 0 amide bonds. The average molecular weight is 354 g/mol. The molecule has 1 N–H and O–H groups in total. The van der Waals surface area contributed by atoms with Crippen LogP contribution in [0, 0.1) is 0 Å². The van der Waals surface area contributed by atoms with Gasteiger partial charge in [-0.05, 0) is 26.2 Å². The topological polar surface area (TPSA) is 58.6 Å². The van der Waals surface area contributed by atoms with Crippen LogP contribution in [0.4, 0.5) is 0 Å². The van der Waals surface area contributed by atoms with Crippen LogP contribution in [0.3, 0.4) is 0 Å². The second-order valence-corrected chi connectivity index (χ2v) is 6.95. The van der Waals surface area contributed by atoms with Gasteiger partial charge in [0.2, 0.25) is 0 Å². The number of ether oxygens (including phenoxy) is 3. The Labute approximate surface area is 151 Å². The summed E-state index contributed by atoms with van der Waals surface area (Å²) in [5.74, 6) is 1.02. The minimum Gasteiger partial charge on any atom is -0.379 e. The van der Waals surface area contributed by atoms with E-state index < -0.39 is 0 Å². The number of hydrogen-bond acceptors (Lipinski definition) is 5. The molecule has 0 spiro atoms. The fraction of sp³-hybridized carbons (Fsp3) is 0.944. The van der Waals surface area contributed by atoms with Crippen molar-refractivity contribution in [1.82, 2.24) is 15.1 Å². The van der Waals surface area contributed by atoms with Gasteiger partial charge in [0.05, 0.1) is 25.9 Å². The molecular weight excluding hydrogens is 320 g/mol. The summed E-state index contributed by atoms with van der Waals surface area (Å²) >= 11 is 0. The van der Waals surface area contributed by atoms with Crippen LogP contribution in [-0.4, -0.2) is 100 Å². The molecule has 144 valence electrons. The highest BCUT2D eigenvalue weighted by Gasteiger charge is 2.32. The van der Waals surface area contributed by atoms with Gasteiger partial charge in [0, 0.05) is 52.4 Å². The van der Waals surface area contributed by atoms with Crippen molar-refractivity contribution in [3.05, 3.63) is 0 Å². The second-order valence-electron chi connectivity index (χ2n) is 6.95. The number of aliphatic imine (C=N–C) groups is 1. The van der Waals surface area contributed by atoms with Crippen LogP contribution in [0.5, 0.6) is 0 Å². The van der Waals surface area contributed by atoms with Gasteiger partial charge < -0.3 is 24.4 Å². The lowest BCUT2D eigenvalue weighted by Crippen LogP contribution is -2.53. The number of morpholine rings is 2. The molecule has 25 heavy (non-hydrogen) atoms. The molecule has 3 saturated heterocycles. The van der Waals surface area contributed by atoms with Crippen LogP contribution in [0.15, 0.2) is 4.99 Å². The lowest BCUT2D eigenvalue weighted by Gasteiger charge is -2.37. The molecule has 7 nitrogen and oxygen atoms in total. The number of nitrogens with one attached hydrogen (secondary N) is 1. The van der Waals surface area contributed by atoms with Gasteiger partial charge in [-0.3, -0.25) is 9.89 Å². The molecule has 3 aliphatic heterocycles. The largest absolute Gasteiger partial charge is 0.379 e. The van der Waals surface area contributed by atoms with E-state index in [2.05, 4.69) is 22.0 Å². The van der Waals surface area contributed by atoms with Crippen molar-refractivity contribution >= 4 is 5.96 Å². The van der Waals surface area contributed by atoms with Crippen molar-refractivity contribution in [2.75, 3.05) is 72.2 Å². The molecule has 0 aromatic heterocycles. The van der Waals surface area contributed by atoms with Gasteiger partial charge in [-0.25, -0.2) is 0 Å². The van der Waals surface area contributed by atoms with Crippen LogP contribution in [0.1, 0.15) is 26.2 Å². The Morgan fingerprint density at radius 3 is 2.68 bits per heavy atom. The van der Waals surface area contributed by atoms with Gasteiger partial charge in [0.25, 0.3) is 0 Å². The van der Waals surface area contributed by atoms with Gasteiger partial charge >= 0.3 is 0 Å². The highest BCUT2D eigenvalue weighted by molar-refractivity contribution is 5.80. The average Bonchev–Trinajstić information content (AvgIpc) is 3.20. The van der Waals surface area contributed by atoms with Crippen LogP contribution in [-0.2, 0) is 14.2 Å². The number of guanidine groups is 1. The van der Waals surface area contributed by atoms with Crippen LogP contribution < -0.4 is 5.32 Å². The van der Waals surface area contributed by atoms with E-state index in [1.54, 1.807) is 0 Å². The summed E-state index contributed by atoms with van der Waals surface area (Å²) in [7, 11) is 0. The molecule has 0 aromatic rings. The first-order chi connectivity index (χ1) is 12.4. The summed E-state index contributed by atoms with van der Waals surface area (Å²) < 4.78 is 17.2. The summed E-state index contributed by atoms with van der Waals surface area (Å²) in [6.45, 7) is 12.2. The fourth-order valence-corrected chi connectivity index (χ4v) is 3.72. The van der Waals surface area contributed by atoms with Gasteiger partial charge in [-0.15, -0.1) is 0 Å². The van der Waals surface area contributed by atoms with Crippen LogP contribution in [0.25, 0.3) is 0 Å². The van der Waals surface area contributed by atoms with Crippen molar-refractivity contribution in [2.24, 2.45) is 4.99 Å². The zero-order valence-electron chi connectivity index (χ0n) is 15.6. The predicted octanol–water partition coefficient (Wildman–Crippen LogP) is 0.554.